The van der Waals surface area contributed by atoms with Crippen LogP contribution < -0.4 is 15.0 Å². The highest BCUT2D eigenvalue weighted by Gasteiger charge is 2.14. The fraction of sp³-hybridized carbons (Fsp3) is 0.273. The number of pyridine rings is 1. The molecule has 6 heteroatoms. The van der Waals surface area contributed by atoms with E-state index in [0.717, 1.165) is 54.3 Å². The van der Waals surface area contributed by atoms with E-state index in [1.54, 1.807) is 7.11 Å². The molecular weight excluding hydrogens is 354 g/mol. The highest BCUT2D eigenvalue weighted by molar-refractivity contribution is 6.06. The molecule has 2 aromatic carbocycles. The zero-order valence-corrected chi connectivity index (χ0v) is 16.1. The Hall–Kier alpha value is -3.12. The maximum absolute atomic E-state index is 12.8. The van der Waals surface area contributed by atoms with Crippen molar-refractivity contribution in [2.75, 3.05) is 43.6 Å². The van der Waals surface area contributed by atoms with E-state index < -0.39 is 0 Å². The van der Waals surface area contributed by atoms with E-state index in [0.29, 0.717) is 11.3 Å². The summed E-state index contributed by atoms with van der Waals surface area (Å²) in [5, 5.41) is 3.87. The Kier molecular flexibility index (Phi) is 5.12. The van der Waals surface area contributed by atoms with Gasteiger partial charge in [-0.25, -0.2) is 0 Å². The van der Waals surface area contributed by atoms with Gasteiger partial charge in [-0.05, 0) is 49.4 Å². The van der Waals surface area contributed by atoms with E-state index in [-0.39, 0.29) is 5.91 Å². The van der Waals surface area contributed by atoms with Gasteiger partial charge in [0.2, 0.25) is 0 Å². The molecule has 0 saturated carbocycles. The summed E-state index contributed by atoms with van der Waals surface area (Å²) in [6, 6.07) is 15.4. The van der Waals surface area contributed by atoms with Gasteiger partial charge in [0.25, 0.3) is 5.91 Å². The molecule has 0 bridgehead atoms. The monoisotopic (exact) mass is 377 g/mol. The summed E-state index contributed by atoms with van der Waals surface area (Å²) in [5.74, 6) is 0.582. The van der Waals surface area contributed by atoms with Crippen molar-refractivity contribution < 1.29 is 14.3 Å². The van der Waals surface area contributed by atoms with Crippen molar-refractivity contribution in [1.82, 2.24) is 4.98 Å². The fourth-order valence-electron chi connectivity index (χ4n) is 3.38. The van der Waals surface area contributed by atoms with Crippen LogP contribution in [0.5, 0.6) is 5.75 Å². The quantitative estimate of drug-likeness (QED) is 0.752. The number of morpholine rings is 1. The lowest BCUT2D eigenvalue weighted by Crippen LogP contribution is -2.36. The van der Waals surface area contributed by atoms with Crippen LogP contribution in [0.3, 0.4) is 0 Å². The third-order valence-electron chi connectivity index (χ3n) is 4.96. The fourth-order valence-corrected chi connectivity index (χ4v) is 3.38. The third-order valence-corrected chi connectivity index (χ3v) is 4.96. The molecule has 0 spiro atoms. The standard InChI is InChI=1S/C22H23N3O3/c1-15-20(13-16-3-8-19(27-2)14-21(16)23-15)22(26)24-17-4-6-18(7-5-17)25-9-11-28-12-10-25/h3-8,13-14H,9-12H2,1-2H3,(H,24,26). The van der Waals surface area contributed by atoms with Crippen molar-refractivity contribution in [3.63, 3.8) is 0 Å². The molecule has 28 heavy (non-hydrogen) atoms. The number of aromatic nitrogens is 1. The largest absolute Gasteiger partial charge is 0.497 e. The number of aryl methyl sites for hydroxylation is 1. The van der Waals surface area contributed by atoms with Crippen LogP contribution in [0.15, 0.2) is 48.5 Å². The van der Waals surface area contributed by atoms with Crippen LogP contribution in [0.1, 0.15) is 16.1 Å². The Bertz CT molecular complexity index is 996. The predicted molar refractivity (Wildman–Crippen MR) is 110 cm³/mol. The summed E-state index contributed by atoms with van der Waals surface area (Å²) >= 11 is 0. The number of hydrogen-bond acceptors (Lipinski definition) is 5. The summed E-state index contributed by atoms with van der Waals surface area (Å²) in [5.41, 5.74) is 3.96. The molecule has 1 saturated heterocycles. The maximum atomic E-state index is 12.8. The molecule has 6 nitrogen and oxygen atoms in total. The third kappa shape index (κ3) is 3.77. The van der Waals surface area contributed by atoms with Gasteiger partial charge in [0.05, 0.1) is 37.1 Å². The van der Waals surface area contributed by atoms with E-state index in [1.807, 2.05) is 55.5 Å². The van der Waals surface area contributed by atoms with Crippen molar-refractivity contribution in [2.24, 2.45) is 0 Å². The number of anilines is 2. The number of hydrogen-bond donors (Lipinski definition) is 1. The Morgan fingerprint density at radius 2 is 1.86 bits per heavy atom. The van der Waals surface area contributed by atoms with E-state index in [1.165, 1.54) is 0 Å². The van der Waals surface area contributed by atoms with E-state index in [9.17, 15) is 4.79 Å². The van der Waals surface area contributed by atoms with Crippen molar-refractivity contribution >= 4 is 28.2 Å². The molecule has 1 N–H and O–H groups in total. The van der Waals surface area contributed by atoms with E-state index in [2.05, 4.69) is 15.2 Å². The van der Waals surface area contributed by atoms with Gasteiger partial charge < -0.3 is 19.7 Å². The Labute approximate surface area is 164 Å². The number of ether oxygens (including phenoxy) is 2. The van der Waals surface area contributed by atoms with Crippen LogP contribution in [0.25, 0.3) is 10.9 Å². The number of fused-ring (bicyclic) bond motifs is 1. The average Bonchev–Trinajstić information content (AvgIpc) is 2.74. The van der Waals surface area contributed by atoms with Crippen molar-refractivity contribution in [1.29, 1.82) is 0 Å². The topological polar surface area (TPSA) is 63.7 Å². The van der Waals surface area contributed by atoms with Gasteiger partial charge in [-0.1, -0.05) is 0 Å². The van der Waals surface area contributed by atoms with Crippen LogP contribution in [-0.2, 0) is 4.74 Å². The molecule has 3 aromatic rings. The first-order chi connectivity index (χ1) is 13.6. The van der Waals surface area contributed by atoms with Crippen LogP contribution in [0.2, 0.25) is 0 Å². The summed E-state index contributed by atoms with van der Waals surface area (Å²) in [4.78, 5) is 19.6. The number of rotatable bonds is 4. The highest BCUT2D eigenvalue weighted by Crippen LogP contribution is 2.23. The minimum Gasteiger partial charge on any atom is -0.497 e. The van der Waals surface area contributed by atoms with Gasteiger partial charge in [-0.2, -0.15) is 0 Å². The lowest BCUT2D eigenvalue weighted by Gasteiger charge is -2.28. The minimum absolute atomic E-state index is 0.165. The highest BCUT2D eigenvalue weighted by atomic mass is 16.5. The summed E-state index contributed by atoms with van der Waals surface area (Å²) in [7, 11) is 1.63. The summed E-state index contributed by atoms with van der Waals surface area (Å²) in [6.07, 6.45) is 0. The molecular formula is C22H23N3O3. The van der Waals surface area contributed by atoms with Gasteiger partial charge in [0.1, 0.15) is 5.75 Å². The molecule has 1 aromatic heterocycles. The molecule has 0 radical (unpaired) electrons. The number of benzene rings is 2. The number of nitrogens with zero attached hydrogens (tertiary/aromatic N) is 2. The van der Waals surface area contributed by atoms with Crippen LogP contribution >= 0.6 is 0 Å². The van der Waals surface area contributed by atoms with Crippen molar-refractivity contribution in [3.05, 3.63) is 59.8 Å². The number of nitrogens with one attached hydrogen (secondary N) is 1. The van der Waals surface area contributed by atoms with Crippen LogP contribution in [-0.4, -0.2) is 44.3 Å². The first-order valence-electron chi connectivity index (χ1n) is 9.33. The molecule has 0 unspecified atom stereocenters. The molecule has 144 valence electrons. The Balaban J connectivity index is 1.52. The van der Waals surface area contributed by atoms with E-state index >= 15 is 0 Å². The van der Waals surface area contributed by atoms with E-state index in [4.69, 9.17) is 9.47 Å². The maximum Gasteiger partial charge on any atom is 0.257 e. The van der Waals surface area contributed by atoms with Gasteiger partial charge in [0, 0.05) is 35.9 Å². The predicted octanol–water partition coefficient (Wildman–Crippen LogP) is 3.64. The second-order valence-electron chi connectivity index (χ2n) is 6.78. The SMILES string of the molecule is COc1ccc2cc(C(=O)Nc3ccc(N4CCOCC4)cc3)c(C)nc2c1. The molecule has 1 aliphatic heterocycles. The van der Waals surface area contributed by atoms with Crippen LogP contribution in [0.4, 0.5) is 11.4 Å². The summed E-state index contributed by atoms with van der Waals surface area (Å²) < 4.78 is 10.6. The van der Waals surface area contributed by atoms with Crippen molar-refractivity contribution in [3.8, 4) is 5.75 Å². The average molecular weight is 377 g/mol. The van der Waals surface area contributed by atoms with Crippen molar-refractivity contribution in [2.45, 2.75) is 6.92 Å². The van der Waals surface area contributed by atoms with Gasteiger partial charge in [-0.3, -0.25) is 9.78 Å². The van der Waals surface area contributed by atoms with Crippen LogP contribution in [0, 0.1) is 6.92 Å². The molecule has 4 rings (SSSR count). The first kappa shape index (κ1) is 18.3. The summed E-state index contributed by atoms with van der Waals surface area (Å²) in [6.45, 7) is 5.11. The second kappa shape index (κ2) is 7.86. The number of amides is 1. The van der Waals surface area contributed by atoms with Gasteiger partial charge in [-0.15, -0.1) is 0 Å². The smallest absolute Gasteiger partial charge is 0.257 e. The first-order valence-corrected chi connectivity index (χ1v) is 9.33. The molecule has 0 aliphatic carbocycles. The Morgan fingerprint density at radius 1 is 1.11 bits per heavy atom. The molecule has 2 heterocycles. The number of carbonyl (C=O) groups is 1. The lowest BCUT2D eigenvalue weighted by atomic mass is 10.1. The second-order valence-corrected chi connectivity index (χ2v) is 6.78. The molecule has 1 amide bonds. The van der Waals surface area contributed by atoms with Gasteiger partial charge in [0.15, 0.2) is 0 Å². The Morgan fingerprint density at radius 3 is 2.57 bits per heavy atom. The number of carbonyl (C=O) groups excluding carboxylic acids is 1. The minimum atomic E-state index is -0.165. The van der Waals surface area contributed by atoms with Gasteiger partial charge >= 0.3 is 0 Å². The normalized spacial score (nSPS) is 14.1. The lowest BCUT2D eigenvalue weighted by molar-refractivity contribution is 0.102. The number of methoxy groups -OCH3 is 1. The zero-order chi connectivity index (χ0) is 19.5. The molecule has 0 atom stereocenters. The zero-order valence-electron chi connectivity index (χ0n) is 16.1. The molecule has 1 aliphatic rings. The molecule has 1 fully saturated rings.